The normalized spacial score (nSPS) is 27.3. The van der Waals surface area contributed by atoms with Gasteiger partial charge in [-0.25, -0.2) is 0 Å². The quantitative estimate of drug-likeness (QED) is 0.670. The van der Waals surface area contributed by atoms with Crippen LogP contribution in [0.2, 0.25) is 0 Å². The van der Waals surface area contributed by atoms with Crippen LogP contribution in [0.15, 0.2) is 29.2 Å². The molecule has 1 N–H and O–H groups in total. The van der Waals surface area contributed by atoms with Gasteiger partial charge in [-0.3, -0.25) is 10.1 Å². The van der Waals surface area contributed by atoms with Gasteiger partial charge in [0.25, 0.3) is 5.69 Å². The number of benzene rings is 1. The number of aliphatic hydroxyl groups excluding tert-OH is 1. The summed E-state index contributed by atoms with van der Waals surface area (Å²) in [6.07, 6.45) is 0.557. The van der Waals surface area contributed by atoms with E-state index in [9.17, 15) is 10.1 Å². The van der Waals surface area contributed by atoms with E-state index in [-0.39, 0.29) is 34.7 Å². The van der Waals surface area contributed by atoms with E-state index in [4.69, 9.17) is 9.84 Å². The highest BCUT2D eigenvalue weighted by atomic mass is 32.2. The standard InChI is InChI=1S/C12H15NO4S/c1-8-12(6-9(7-14)17-8)18-11-5-3-2-4-10(11)13(15)16/h2-5,8-9,12,14H,6-7H2,1H3/t8-,9-,12?/m0/s1. The zero-order chi connectivity index (χ0) is 13.1. The highest BCUT2D eigenvalue weighted by Gasteiger charge is 2.33. The smallest absolute Gasteiger partial charge is 0.282 e. The molecule has 0 amide bonds. The third-order valence-corrected chi connectivity index (χ3v) is 4.45. The Labute approximate surface area is 109 Å². The van der Waals surface area contributed by atoms with E-state index in [1.165, 1.54) is 17.8 Å². The number of para-hydroxylation sites is 1. The highest BCUT2D eigenvalue weighted by Crippen LogP contribution is 2.38. The van der Waals surface area contributed by atoms with Crippen molar-refractivity contribution in [1.29, 1.82) is 0 Å². The first-order valence-corrected chi connectivity index (χ1v) is 6.66. The average molecular weight is 269 g/mol. The van der Waals surface area contributed by atoms with Crippen molar-refractivity contribution in [1.82, 2.24) is 0 Å². The fourth-order valence-electron chi connectivity index (χ4n) is 2.03. The number of rotatable bonds is 4. The molecule has 0 aliphatic carbocycles. The molecule has 0 bridgehead atoms. The Morgan fingerprint density at radius 2 is 2.28 bits per heavy atom. The Morgan fingerprint density at radius 3 is 2.89 bits per heavy atom. The second-order valence-corrected chi connectivity index (χ2v) is 5.54. The lowest BCUT2D eigenvalue weighted by Crippen LogP contribution is -2.14. The molecule has 1 heterocycles. The molecule has 1 saturated heterocycles. The summed E-state index contributed by atoms with van der Waals surface area (Å²) in [5.41, 5.74) is 0.127. The molecule has 1 aliphatic rings. The van der Waals surface area contributed by atoms with Crippen molar-refractivity contribution < 1.29 is 14.8 Å². The summed E-state index contributed by atoms with van der Waals surface area (Å²) in [7, 11) is 0. The number of nitrogens with zero attached hydrogens (tertiary/aromatic N) is 1. The number of hydrogen-bond acceptors (Lipinski definition) is 5. The summed E-state index contributed by atoms with van der Waals surface area (Å²) in [5.74, 6) is 0. The van der Waals surface area contributed by atoms with Crippen LogP contribution in [0.5, 0.6) is 0 Å². The van der Waals surface area contributed by atoms with Crippen LogP contribution < -0.4 is 0 Å². The van der Waals surface area contributed by atoms with Gasteiger partial charge >= 0.3 is 0 Å². The predicted octanol–water partition coefficient (Wildman–Crippen LogP) is 2.23. The van der Waals surface area contributed by atoms with Crippen LogP contribution in [0, 0.1) is 10.1 Å². The Balaban J connectivity index is 2.12. The Kier molecular flexibility index (Phi) is 4.21. The molecular formula is C12H15NO4S. The third kappa shape index (κ3) is 2.82. The second-order valence-electron chi connectivity index (χ2n) is 4.26. The molecular weight excluding hydrogens is 254 g/mol. The molecule has 5 nitrogen and oxygen atoms in total. The lowest BCUT2D eigenvalue weighted by molar-refractivity contribution is -0.387. The molecule has 0 aromatic heterocycles. The van der Waals surface area contributed by atoms with E-state index in [1.807, 2.05) is 6.92 Å². The Morgan fingerprint density at radius 1 is 1.56 bits per heavy atom. The van der Waals surface area contributed by atoms with Gasteiger partial charge in [-0.05, 0) is 19.4 Å². The number of aliphatic hydroxyl groups is 1. The average Bonchev–Trinajstić information content (AvgIpc) is 2.71. The van der Waals surface area contributed by atoms with Crippen LogP contribution in [-0.2, 0) is 4.74 Å². The summed E-state index contributed by atoms with van der Waals surface area (Å²) in [6, 6.07) is 6.71. The van der Waals surface area contributed by atoms with Crippen molar-refractivity contribution >= 4 is 17.4 Å². The lowest BCUT2D eigenvalue weighted by Gasteiger charge is -2.13. The van der Waals surface area contributed by atoms with E-state index >= 15 is 0 Å². The maximum atomic E-state index is 10.9. The van der Waals surface area contributed by atoms with Crippen molar-refractivity contribution in [2.24, 2.45) is 0 Å². The summed E-state index contributed by atoms with van der Waals surface area (Å²) in [5, 5.41) is 20.1. The summed E-state index contributed by atoms with van der Waals surface area (Å²) >= 11 is 1.46. The van der Waals surface area contributed by atoms with E-state index in [0.717, 1.165) is 0 Å². The Hall–Kier alpha value is -1.11. The summed E-state index contributed by atoms with van der Waals surface area (Å²) < 4.78 is 5.55. The molecule has 1 unspecified atom stereocenters. The molecule has 0 radical (unpaired) electrons. The van der Waals surface area contributed by atoms with Gasteiger partial charge in [-0.2, -0.15) is 0 Å². The van der Waals surface area contributed by atoms with Crippen molar-refractivity contribution in [3.05, 3.63) is 34.4 Å². The maximum Gasteiger partial charge on any atom is 0.282 e. The van der Waals surface area contributed by atoms with Crippen LogP contribution in [0.25, 0.3) is 0 Å². The largest absolute Gasteiger partial charge is 0.394 e. The molecule has 0 spiro atoms. The highest BCUT2D eigenvalue weighted by molar-refractivity contribution is 8.00. The van der Waals surface area contributed by atoms with Gasteiger partial charge in [0, 0.05) is 11.3 Å². The molecule has 98 valence electrons. The minimum atomic E-state index is -0.369. The number of ether oxygens (including phenoxy) is 1. The van der Waals surface area contributed by atoms with E-state index in [2.05, 4.69) is 0 Å². The van der Waals surface area contributed by atoms with Gasteiger partial charge < -0.3 is 9.84 Å². The van der Waals surface area contributed by atoms with E-state index < -0.39 is 0 Å². The first-order chi connectivity index (χ1) is 8.61. The van der Waals surface area contributed by atoms with Gasteiger partial charge in [0.05, 0.1) is 28.6 Å². The van der Waals surface area contributed by atoms with Crippen LogP contribution >= 0.6 is 11.8 Å². The first-order valence-electron chi connectivity index (χ1n) is 5.78. The number of hydrogen-bond donors (Lipinski definition) is 1. The van der Waals surface area contributed by atoms with Crippen molar-refractivity contribution in [3.63, 3.8) is 0 Å². The van der Waals surface area contributed by atoms with Crippen LogP contribution in [0.4, 0.5) is 5.69 Å². The first kappa shape index (κ1) is 13.3. The number of thioether (sulfide) groups is 1. The minimum Gasteiger partial charge on any atom is -0.394 e. The topological polar surface area (TPSA) is 72.6 Å². The van der Waals surface area contributed by atoms with E-state index in [1.54, 1.807) is 18.2 Å². The van der Waals surface area contributed by atoms with Crippen molar-refractivity contribution in [2.45, 2.75) is 35.7 Å². The second kappa shape index (κ2) is 5.69. The molecule has 18 heavy (non-hydrogen) atoms. The monoisotopic (exact) mass is 269 g/mol. The summed E-state index contributed by atoms with van der Waals surface area (Å²) in [6.45, 7) is 1.93. The molecule has 3 atom stereocenters. The van der Waals surface area contributed by atoms with Gasteiger partial charge in [-0.1, -0.05) is 12.1 Å². The molecule has 0 saturated carbocycles. The number of nitro groups is 1. The lowest BCUT2D eigenvalue weighted by atomic mass is 10.2. The van der Waals surface area contributed by atoms with Crippen LogP contribution in [0.3, 0.4) is 0 Å². The fourth-order valence-corrected chi connectivity index (χ4v) is 3.34. The Bertz CT molecular complexity index is 440. The van der Waals surface area contributed by atoms with Gasteiger partial charge in [0.1, 0.15) is 0 Å². The minimum absolute atomic E-state index is 0.00170. The SMILES string of the molecule is C[C@@H]1O[C@H](CO)CC1Sc1ccccc1[N+](=O)[O-]. The summed E-state index contributed by atoms with van der Waals surface area (Å²) in [4.78, 5) is 11.2. The zero-order valence-electron chi connectivity index (χ0n) is 9.98. The molecule has 1 aromatic carbocycles. The molecule has 1 aromatic rings. The van der Waals surface area contributed by atoms with Gasteiger partial charge in [0.15, 0.2) is 0 Å². The molecule has 2 rings (SSSR count). The number of nitro benzene ring substituents is 1. The van der Waals surface area contributed by atoms with Crippen molar-refractivity contribution in [2.75, 3.05) is 6.61 Å². The van der Waals surface area contributed by atoms with Gasteiger partial charge in [-0.15, -0.1) is 11.8 Å². The zero-order valence-corrected chi connectivity index (χ0v) is 10.8. The van der Waals surface area contributed by atoms with Gasteiger partial charge in [0.2, 0.25) is 0 Å². The van der Waals surface area contributed by atoms with Crippen LogP contribution in [0.1, 0.15) is 13.3 Å². The maximum absolute atomic E-state index is 10.9. The van der Waals surface area contributed by atoms with E-state index in [0.29, 0.717) is 11.3 Å². The van der Waals surface area contributed by atoms with Crippen molar-refractivity contribution in [3.8, 4) is 0 Å². The third-order valence-electron chi connectivity index (χ3n) is 2.97. The molecule has 1 aliphatic heterocycles. The predicted molar refractivity (Wildman–Crippen MR) is 68.8 cm³/mol. The molecule has 6 heteroatoms. The fraction of sp³-hybridized carbons (Fsp3) is 0.500. The van der Waals surface area contributed by atoms with Crippen LogP contribution in [-0.4, -0.2) is 34.1 Å². The molecule has 1 fully saturated rings.